The highest BCUT2D eigenvalue weighted by Crippen LogP contribution is 2.18. The van der Waals surface area contributed by atoms with Crippen LogP contribution in [0.2, 0.25) is 0 Å². The Morgan fingerprint density at radius 2 is 2.22 bits per heavy atom. The van der Waals surface area contributed by atoms with Crippen molar-refractivity contribution in [1.82, 2.24) is 14.5 Å². The topological polar surface area (TPSA) is 71.6 Å². The SMILES string of the molecule is CCn1c(=O)c(C#N)cc2c(C)nc(SC)nc21. The number of rotatable bonds is 2. The molecule has 0 N–H and O–H groups in total. The maximum absolute atomic E-state index is 12.0. The monoisotopic (exact) mass is 260 g/mol. The molecule has 5 nitrogen and oxygen atoms in total. The third-order valence-corrected chi connectivity index (χ3v) is 3.28. The van der Waals surface area contributed by atoms with Crippen molar-refractivity contribution < 1.29 is 0 Å². The molecular weight excluding hydrogens is 248 g/mol. The maximum atomic E-state index is 12.0. The Morgan fingerprint density at radius 3 is 2.78 bits per heavy atom. The molecule has 0 fully saturated rings. The van der Waals surface area contributed by atoms with Crippen molar-refractivity contribution in [3.05, 3.63) is 27.7 Å². The second-order valence-corrected chi connectivity index (χ2v) is 4.53. The summed E-state index contributed by atoms with van der Waals surface area (Å²) in [5.74, 6) is 0. The molecule has 2 heterocycles. The Balaban J connectivity index is 2.99. The van der Waals surface area contributed by atoms with Gasteiger partial charge in [-0.15, -0.1) is 0 Å². The molecule has 0 atom stereocenters. The molecular formula is C12H12N4OS. The van der Waals surface area contributed by atoms with Crippen molar-refractivity contribution in [1.29, 1.82) is 5.26 Å². The number of hydrogen-bond acceptors (Lipinski definition) is 5. The molecule has 0 radical (unpaired) electrons. The van der Waals surface area contributed by atoms with Gasteiger partial charge in [0.15, 0.2) is 5.16 Å². The summed E-state index contributed by atoms with van der Waals surface area (Å²) in [4.78, 5) is 20.7. The summed E-state index contributed by atoms with van der Waals surface area (Å²) in [6.07, 6.45) is 1.89. The van der Waals surface area contributed by atoms with Crippen molar-refractivity contribution >= 4 is 22.8 Å². The van der Waals surface area contributed by atoms with Crippen LogP contribution in [0.5, 0.6) is 0 Å². The van der Waals surface area contributed by atoms with Crippen molar-refractivity contribution in [3.63, 3.8) is 0 Å². The Bertz CT molecular complexity index is 715. The normalized spacial score (nSPS) is 10.6. The molecule has 0 amide bonds. The van der Waals surface area contributed by atoms with Crippen LogP contribution < -0.4 is 5.56 Å². The first-order valence-corrected chi connectivity index (χ1v) is 6.71. The highest BCUT2D eigenvalue weighted by Gasteiger charge is 2.12. The van der Waals surface area contributed by atoms with E-state index in [1.807, 2.05) is 26.2 Å². The number of nitrogens with zero attached hydrogens (tertiary/aromatic N) is 4. The minimum absolute atomic E-state index is 0.132. The van der Waals surface area contributed by atoms with E-state index < -0.39 is 0 Å². The van der Waals surface area contributed by atoms with Gasteiger partial charge in [0.2, 0.25) is 0 Å². The summed E-state index contributed by atoms with van der Waals surface area (Å²) in [6, 6.07) is 3.50. The third kappa shape index (κ3) is 1.87. The van der Waals surface area contributed by atoms with Gasteiger partial charge in [0.05, 0.1) is 5.69 Å². The second kappa shape index (κ2) is 4.78. The second-order valence-electron chi connectivity index (χ2n) is 3.75. The number of fused-ring (bicyclic) bond motifs is 1. The molecule has 92 valence electrons. The summed E-state index contributed by atoms with van der Waals surface area (Å²) in [6.45, 7) is 4.20. The minimum Gasteiger partial charge on any atom is -0.292 e. The van der Waals surface area contributed by atoms with Crippen LogP contribution >= 0.6 is 11.8 Å². The molecule has 2 rings (SSSR count). The molecule has 0 aliphatic rings. The van der Waals surface area contributed by atoms with Crippen molar-refractivity contribution in [2.45, 2.75) is 25.5 Å². The van der Waals surface area contributed by atoms with Crippen LogP contribution in [0, 0.1) is 18.3 Å². The Labute approximate surface area is 108 Å². The molecule has 0 spiro atoms. The zero-order valence-electron chi connectivity index (χ0n) is 10.4. The zero-order valence-corrected chi connectivity index (χ0v) is 11.2. The summed E-state index contributed by atoms with van der Waals surface area (Å²) in [5.41, 5.74) is 1.21. The molecule has 0 aliphatic carbocycles. The number of thioether (sulfide) groups is 1. The van der Waals surface area contributed by atoms with Crippen molar-refractivity contribution in [2.24, 2.45) is 0 Å². The molecule has 0 aliphatic heterocycles. The van der Waals surface area contributed by atoms with E-state index in [0.29, 0.717) is 17.3 Å². The number of aromatic nitrogens is 3. The van der Waals surface area contributed by atoms with E-state index in [-0.39, 0.29) is 11.1 Å². The highest BCUT2D eigenvalue weighted by molar-refractivity contribution is 7.98. The van der Waals surface area contributed by atoms with Crippen LogP contribution in [-0.4, -0.2) is 20.8 Å². The molecule has 2 aromatic heterocycles. The first kappa shape index (κ1) is 12.6. The molecule has 0 saturated heterocycles. The van der Waals surface area contributed by atoms with Gasteiger partial charge in [-0.05, 0) is 26.2 Å². The molecule has 2 aromatic rings. The van der Waals surface area contributed by atoms with Gasteiger partial charge in [-0.2, -0.15) is 5.26 Å². The summed E-state index contributed by atoms with van der Waals surface area (Å²) in [5, 5.41) is 10.4. The standard InChI is InChI=1S/C12H12N4OS/c1-4-16-10-9(5-8(6-13)11(16)17)7(2)14-12(15-10)18-3/h5H,4H2,1-3H3. The first-order chi connectivity index (χ1) is 8.62. The first-order valence-electron chi connectivity index (χ1n) is 5.48. The van der Waals surface area contributed by atoms with E-state index >= 15 is 0 Å². The minimum atomic E-state index is -0.294. The fraction of sp³-hybridized carbons (Fsp3) is 0.333. The fourth-order valence-corrected chi connectivity index (χ4v) is 2.23. The van der Waals surface area contributed by atoms with Crippen LogP contribution in [0.25, 0.3) is 11.0 Å². The van der Waals surface area contributed by atoms with Gasteiger partial charge in [-0.25, -0.2) is 9.97 Å². The predicted molar refractivity (Wildman–Crippen MR) is 70.7 cm³/mol. The quantitative estimate of drug-likeness (QED) is 0.607. The highest BCUT2D eigenvalue weighted by atomic mass is 32.2. The van der Waals surface area contributed by atoms with Gasteiger partial charge in [-0.1, -0.05) is 11.8 Å². The van der Waals surface area contributed by atoms with Crippen molar-refractivity contribution in [3.8, 4) is 6.07 Å². The van der Waals surface area contributed by atoms with E-state index in [0.717, 1.165) is 11.1 Å². The zero-order chi connectivity index (χ0) is 13.3. The van der Waals surface area contributed by atoms with Gasteiger partial charge in [0.25, 0.3) is 5.56 Å². The lowest BCUT2D eigenvalue weighted by Gasteiger charge is -2.10. The van der Waals surface area contributed by atoms with Crippen LogP contribution in [-0.2, 0) is 6.54 Å². The molecule has 0 aromatic carbocycles. The number of nitriles is 1. The molecule has 18 heavy (non-hydrogen) atoms. The largest absolute Gasteiger partial charge is 0.292 e. The van der Waals surface area contributed by atoms with Crippen LogP contribution in [0.4, 0.5) is 0 Å². The van der Waals surface area contributed by atoms with E-state index in [2.05, 4.69) is 9.97 Å². The summed E-state index contributed by atoms with van der Waals surface area (Å²) >= 11 is 1.43. The number of hydrogen-bond donors (Lipinski definition) is 0. The van der Waals surface area contributed by atoms with Crippen LogP contribution in [0.15, 0.2) is 16.0 Å². The fourth-order valence-electron chi connectivity index (χ4n) is 1.83. The lowest BCUT2D eigenvalue weighted by molar-refractivity contribution is 0.737. The lowest BCUT2D eigenvalue weighted by atomic mass is 10.2. The van der Waals surface area contributed by atoms with E-state index in [4.69, 9.17) is 5.26 Å². The van der Waals surface area contributed by atoms with Crippen molar-refractivity contribution in [2.75, 3.05) is 6.26 Å². The molecule has 0 bridgehead atoms. The average molecular weight is 260 g/mol. The van der Waals surface area contributed by atoms with E-state index in [9.17, 15) is 4.79 Å². The van der Waals surface area contributed by atoms with Gasteiger partial charge in [-0.3, -0.25) is 9.36 Å². The molecule has 0 unspecified atom stereocenters. The van der Waals surface area contributed by atoms with Crippen LogP contribution in [0.3, 0.4) is 0 Å². The van der Waals surface area contributed by atoms with Crippen LogP contribution in [0.1, 0.15) is 18.2 Å². The van der Waals surface area contributed by atoms with E-state index in [1.165, 1.54) is 16.3 Å². The van der Waals surface area contributed by atoms with Gasteiger partial charge in [0.1, 0.15) is 17.3 Å². The Kier molecular flexibility index (Phi) is 3.34. The molecule has 6 heteroatoms. The van der Waals surface area contributed by atoms with E-state index in [1.54, 1.807) is 6.07 Å². The number of pyridine rings is 1. The Hall–Kier alpha value is -1.87. The smallest absolute Gasteiger partial charge is 0.270 e. The molecule has 0 saturated carbocycles. The Morgan fingerprint density at radius 1 is 1.50 bits per heavy atom. The summed E-state index contributed by atoms with van der Waals surface area (Å²) in [7, 11) is 0. The number of aryl methyl sites for hydroxylation is 2. The van der Waals surface area contributed by atoms with Gasteiger partial charge >= 0.3 is 0 Å². The summed E-state index contributed by atoms with van der Waals surface area (Å²) < 4.78 is 1.52. The third-order valence-electron chi connectivity index (χ3n) is 2.73. The lowest BCUT2D eigenvalue weighted by Crippen LogP contribution is -2.23. The van der Waals surface area contributed by atoms with Gasteiger partial charge in [0, 0.05) is 11.9 Å². The average Bonchev–Trinajstić information content (AvgIpc) is 2.38. The van der Waals surface area contributed by atoms with Gasteiger partial charge < -0.3 is 0 Å². The predicted octanol–water partition coefficient (Wildman–Crippen LogP) is 1.71. The maximum Gasteiger partial charge on any atom is 0.270 e.